The molecule has 1 unspecified atom stereocenters. The number of ether oxygens (including phenoxy) is 1. The van der Waals surface area contributed by atoms with E-state index in [0.717, 1.165) is 18.0 Å². The van der Waals surface area contributed by atoms with Gasteiger partial charge < -0.3 is 9.64 Å². The van der Waals surface area contributed by atoms with Crippen molar-refractivity contribution in [1.29, 1.82) is 0 Å². The fourth-order valence-electron chi connectivity index (χ4n) is 3.59. The minimum absolute atomic E-state index is 0.422. The van der Waals surface area contributed by atoms with Crippen molar-refractivity contribution in [1.82, 2.24) is 4.98 Å². The second-order valence-electron chi connectivity index (χ2n) is 6.92. The molecule has 3 heteroatoms. The minimum Gasteiger partial charge on any atom is -0.487 e. The molecule has 0 aliphatic carbocycles. The van der Waals surface area contributed by atoms with Gasteiger partial charge in [0.1, 0.15) is 12.4 Å². The van der Waals surface area contributed by atoms with Crippen molar-refractivity contribution in [3.8, 4) is 5.75 Å². The van der Waals surface area contributed by atoms with Gasteiger partial charge in [-0.25, -0.2) is 0 Å². The maximum Gasteiger partial charge on any atom is 0.140 e. The van der Waals surface area contributed by atoms with Gasteiger partial charge in [0.2, 0.25) is 0 Å². The van der Waals surface area contributed by atoms with Crippen LogP contribution in [-0.4, -0.2) is 11.5 Å². The Morgan fingerprint density at radius 3 is 2.65 bits per heavy atom. The van der Waals surface area contributed by atoms with E-state index in [0.29, 0.717) is 12.6 Å². The molecule has 3 aromatic rings. The molecule has 0 amide bonds. The Balaban J connectivity index is 1.49. The second-order valence-corrected chi connectivity index (χ2v) is 6.92. The third-order valence-electron chi connectivity index (χ3n) is 4.99. The molecule has 1 aromatic heterocycles. The predicted molar refractivity (Wildman–Crippen MR) is 106 cm³/mol. The molecule has 1 aliphatic rings. The molecule has 0 spiro atoms. The van der Waals surface area contributed by atoms with Crippen molar-refractivity contribution in [3.63, 3.8) is 0 Å². The van der Waals surface area contributed by atoms with Gasteiger partial charge in [-0.05, 0) is 30.9 Å². The molecule has 2 heterocycles. The number of rotatable bonds is 5. The zero-order chi connectivity index (χ0) is 17.8. The fourth-order valence-corrected chi connectivity index (χ4v) is 3.59. The van der Waals surface area contributed by atoms with Gasteiger partial charge in [0.25, 0.3) is 0 Å². The van der Waals surface area contributed by atoms with Crippen LogP contribution in [0.4, 0.5) is 5.69 Å². The SMILES string of the molecule is Cc1ccc(COc2cncc(N3CCCC3c3ccccc3)c2)cc1. The summed E-state index contributed by atoms with van der Waals surface area (Å²) in [6, 6.07) is 21.7. The molecule has 2 aromatic carbocycles. The van der Waals surface area contributed by atoms with Crippen molar-refractivity contribution in [2.75, 3.05) is 11.4 Å². The van der Waals surface area contributed by atoms with Gasteiger partial charge in [0.15, 0.2) is 0 Å². The van der Waals surface area contributed by atoms with E-state index in [2.05, 4.69) is 77.5 Å². The Morgan fingerprint density at radius 1 is 1.04 bits per heavy atom. The van der Waals surface area contributed by atoms with Gasteiger partial charge >= 0.3 is 0 Å². The highest BCUT2D eigenvalue weighted by Gasteiger charge is 2.26. The van der Waals surface area contributed by atoms with E-state index in [1.54, 1.807) is 6.20 Å². The van der Waals surface area contributed by atoms with Crippen LogP contribution >= 0.6 is 0 Å². The summed E-state index contributed by atoms with van der Waals surface area (Å²) in [6.07, 6.45) is 6.12. The number of pyridine rings is 1. The number of nitrogens with zero attached hydrogens (tertiary/aromatic N) is 2. The third kappa shape index (κ3) is 3.72. The van der Waals surface area contributed by atoms with Gasteiger partial charge in [-0.2, -0.15) is 0 Å². The van der Waals surface area contributed by atoms with Crippen molar-refractivity contribution in [2.45, 2.75) is 32.4 Å². The number of anilines is 1. The Kier molecular flexibility index (Phi) is 4.87. The minimum atomic E-state index is 0.422. The first kappa shape index (κ1) is 16.6. The fraction of sp³-hybridized carbons (Fsp3) is 0.261. The van der Waals surface area contributed by atoms with E-state index in [4.69, 9.17) is 4.74 Å². The molecule has 4 rings (SSSR count). The quantitative estimate of drug-likeness (QED) is 0.627. The third-order valence-corrected chi connectivity index (χ3v) is 4.99. The molecule has 26 heavy (non-hydrogen) atoms. The van der Waals surface area contributed by atoms with Crippen molar-refractivity contribution in [2.24, 2.45) is 0 Å². The van der Waals surface area contributed by atoms with E-state index < -0.39 is 0 Å². The Morgan fingerprint density at radius 2 is 1.85 bits per heavy atom. The van der Waals surface area contributed by atoms with E-state index in [1.807, 2.05) is 6.20 Å². The standard InChI is InChI=1S/C23H24N2O/c1-18-9-11-19(12-10-18)17-26-22-14-21(15-24-16-22)25-13-5-8-23(25)20-6-3-2-4-7-20/h2-4,6-7,9-12,14-16,23H,5,8,13,17H2,1H3. The number of aryl methyl sites for hydroxylation is 1. The van der Waals surface area contributed by atoms with E-state index in [9.17, 15) is 0 Å². The lowest BCUT2D eigenvalue weighted by atomic mass is 10.0. The van der Waals surface area contributed by atoms with Crippen LogP contribution in [-0.2, 0) is 6.61 Å². The van der Waals surface area contributed by atoms with Crippen LogP contribution in [0.25, 0.3) is 0 Å². The second kappa shape index (κ2) is 7.61. The lowest BCUT2D eigenvalue weighted by Gasteiger charge is -2.27. The van der Waals surface area contributed by atoms with E-state index in [1.165, 1.54) is 29.5 Å². The summed E-state index contributed by atoms with van der Waals surface area (Å²) in [4.78, 5) is 6.86. The summed E-state index contributed by atoms with van der Waals surface area (Å²) >= 11 is 0. The summed E-state index contributed by atoms with van der Waals surface area (Å²) in [5.74, 6) is 0.821. The van der Waals surface area contributed by atoms with Crippen LogP contribution in [0, 0.1) is 6.92 Å². The number of hydrogen-bond acceptors (Lipinski definition) is 3. The first-order valence-corrected chi connectivity index (χ1v) is 9.24. The first-order valence-electron chi connectivity index (χ1n) is 9.24. The number of aromatic nitrogens is 1. The Hall–Kier alpha value is -2.81. The molecule has 0 saturated carbocycles. The average Bonchev–Trinajstić information content (AvgIpc) is 3.18. The molecule has 0 radical (unpaired) electrons. The summed E-state index contributed by atoms with van der Waals surface area (Å²) in [6.45, 7) is 3.72. The Bertz CT molecular complexity index is 846. The number of benzene rings is 2. The molecular formula is C23H24N2O. The van der Waals surface area contributed by atoms with Crippen LogP contribution in [0.3, 0.4) is 0 Å². The highest BCUT2D eigenvalue weighted by Crippen LogP contribution is 2.36. The molecular weight excluding hydrogens is 320 g/mol. The largest absolute Gasteiger partial charge is 0.487 e. The van der Waals surface area contributed by atoms with Crippen LogP contribution < -0.4 is 9.64 Å². The highest BCUT2D eigenvalue weighted by molar-refractivity contribution is 5.51. The lowest BCUT2D eigenvalue weighted by Crippen LogP contribution is -2.22. The zero-order valence-corrected chi connectivity index (χ0v) is 15.1. The topological polar surface area (TPSA) is 25.4 Å². The van der Waals surface area contributed by atoms with Gasteiger partial charge in [-0.1, -0.05) is 60.2 Å². The van der Waals surface area contributed by atoms with E-state index >= 15 is 0 Å². The van der Waals surface area contributed by atoms with Crippen molar-refractivity contribution >= 4 is 5.69 Å². The molecule has 0 N–H and O–H groups in total. The first-order chi connectivity index (χ1) is 12.8. The summed E-state index contributed by atoms with van der Waals surface area (Å²) < 4.78 is 5.98. The van der Waals surface area contributed by atoms with Crippen LogP contribution in [0.15, 0.2) is 73.1 Å². The summed E-state index contributed by atoms with van der Waals surface area (Å²) in [5.41, 5.74) is 4.94. The zero-order valence-electron chi connectivity index (χ0n) is 15.1. The highest BCUT2D eigenvalue weighted by atomic mass is 16.5. The van der Waals surface area contributed by atoms with Crippen LogP contribution in [0.1, 0.15) is 35.6 Å². The molecule has 1 aliphatic heterocycles. The van der Waals surface area contributed by atoms with Crippen LogP contribution in [0.5, 0.6) is 5.75 Å². The van der Waals surface area contributed by atoms with Gasteiger partial charge in [0, 0.05) is 12.6 Å². The maximum absolute atomic E-state index is 5.98. The smallest absolute Gasteiger partial charge is 0.140 e. The Labute approximate surface area is 155 Å². The normalized spacial score (nSPS) is 16.7. The monoisotopic (exact) mass is 344 g/mol. The average molecular weight is 344 g/mol. The molecule has 3 nitrogen and oxygen atoms in total. The van der Waals surface area contributed by atoms with Crippen LogP contribution in [0.2, 0.25) is 0 Å². The predicted octanol–water partition coefficient (Wildman–Crippen LogP) is 5.31. The molecule has 1 atom stereocenters. The van der Waals surface area contributed by atoms with Crippen molar-refractivity contribution in [3.05, 3.63) is 89.7 Å². The van der Waals surface area contributed by atoms with Gasteiger partial charge in [0.05, 0.1) is 24.1 Å². The van der Waals surface area contributed by atoms with E-state index in [-0.39, 0.29) is 0 Å². The molecule has 1 fully saturated rings. The maximum atomic E-state index is 5.98. The summed E-state index contributed by atoms with van der Waals surface area (Å²) in [5, 5.41) is 0. The summed E-state index contributed by atoms with van der Waals surface area (Å²) in [7, 11) is 0. The lowest BCUT2D eigenvalue weighted by molar-refractivity contribution is 0.305. The molecule has 132 valence electrons. The van der Waals surface area contributed by atoms with Gasteiger partial charge in [-0.15, -0.1) is 0 Å². The van der Waals surface area contributed by atoms with Crippen molar-refractivity contribution < 1.29 is 4.74 Å². The molecule has 1 saturated heterocycles. The van der Waals surface area contributed by atoms with Gasteiger partial charge in [-0.3, -0.25) is 4.98 Å². The number of hydrogen-bond donors (Lipinski definition) is 0. The molecule has 0 bridgehead atoms.